The van der Waals surface area contributed by atoms with Gasteiger partial charge in [0.1, 0.15) is 11.2 Å². The number of rotatable bonds is 3. The fourth-order valence-electron chi connectivity index (χ4n) is 2.78. The van der Waals surface area contributed by atoms with Crippen LogP contribution >= 0.6 is 0 Å². The number of pyridine rings is 1. The molecule has 0 saturated heterocycles. The van der Waals surface area contributed by atoms with Gasteiger partial charge in [-0.05, 0) is 36.8 Å². The van der Waals surface area contributed by atoms with Gasteiger partial charge < -0.3 is 0 Å². The number of nitrogens with zero attached hydrogens (tertiary/aromatic N) is 3. The largest absolute Gasteiger partial charge is 0.296 e. The number of nitrogens with one attached hydrogen (secondary N) is 1. The Morgan fingerprint density at radius 2 is 2.13 bits per heavy atom. The maximum absolute atomic E-state index is 12.3. The van der Waals surface area contributed by atoms with Gasteiger partial charge in [0, 0.05) is 12.5 Å². The number of aromatic nitrogens is 3. The molecule has 0 unspecified atom stereocenters. The fraction of sp³-hybridized carbons (Fsp3) is 0.500. The molecular weight excluding hydrogens is 288 g/mol. The van der Waals surface area contributed by atoms with Crippen LogP contribution in [0.15, 0.2) is 12.1 Å². The third-order valence-electron chi connectivity index (χ3n) is 4.07. The minimum atomic E-state index is -0.0632. The van der Waals surface area contributed by atoms with E-state index >= 15 is 0 Å². The van der Waals surface area contributed by atoms with E-state index in [9.17, 15) is 4.79 Å². The van der Waals surface area contributed by atoms with Crippen molar-refractivity contribution in [3.63, 3.8) is 0 Å². The van der Waals surface area contributed by atoms with Gasteiger partial charge in [-0.25, -0.2) is 9.97 Å². The summed E-state index contributed by atoms with van der Waals surface area (Å²) in [5.74, 6) is 3.12. The van der Waals surface area contributed by atoms with Gasteiger partial charge in [0.2, 0.25) is 11.9 Å². The van der Waals surface area contributed by atoms with Gasteiger partial charge in [-0.15, -0.1) is 6.42 Å². The van der Waals surface area contributed by atoms with Crippen LogP contribution in [0.2, 0.25) is 0 Å². The Bertz CT molecular complexity index is 788. The second-order valence-electron chi connectivity index (χ2n) is 7.36. The van der Waals surface area contributed by atoms with E-state index in [1.54, 1.807) is 6.07 Å². The third-order valence-corrected chi connectivity index (χ3v) is 4.07. The highest BCUT2D eigenvalue weighted by molar-refractivity contribution is 5.91. The summed E-state index contributed by atoms with van der Waals surface area (Å²) in [5.41, 5.74) is 2.05. The van der Waals surface area contributed by atoms with E-state index in [-0.39, 0.29) is 11.3 Å². The molecule has 3 rings (SSSR count). The predicted molar refractivity (Wildman–Crippen MR) is 91.1 cm³/mol. The lowest BCUT2D eigenvalue weighted by atomic mass is 9.92. The quantitative estimate of drug-likeness (QED) is 0.883. The van der Waals surface area contributed by atoms with Crippen molar-refractivity contribution in [2.45, 2.75) is 52.5 Å². The minimum Gasteiger partial charge on any atom is -0.296 e. The standard InChI is InChI=1S/C18H22N4O/c1-5-12-9-10-14-16(19-12)22(13-7-6-8-13)17(20-14)21-15(23)11-18(2,3)4/h1,9-10,13H,6-8,11H2,2-4H3,(H,20,21,23). The van der Waals surface area contributed by atoms with E-state index in [1.165, 1.54) is 6.42 Å². The number of carbonyl (C=O) groups excluding carboxylic acids is 1. The Morgan fingerprint density at radius 3 is 2.70 bits per heavy atom. The average Bonchev–Trinajstić information content (AvgIpc) is 2.72. The first-order valence-electron chi connectivity index (χ1n) is 8.03. The van der Waals surface area contributed by atoms with Crippen LogP contribution in [0.4, 0.5) is 5.95 Å². The zero-order chi connectivity index (χ0) is 16.6. The molecule has 1 aliphatic rings. The zero-order valence-electron chi connectivity index (χ0n) is 13.9. The van der Waals surface area contributed by atoms with Crippen molar-refractivity contribution in [2.75, 3.05) is 5.32 Å². The minimum absolute atomic E-state index is 0.0226. The molecule has 5 nitrogen and oxygen atoms in total. The number of hydrogen-bond donors (Lipinski definition) is 1. The molecule has 2 aromatic heterocycles. The molecule has 5 heteroatoms. The second-order valence-corrected chi connectivity index (χ2v) is 7.36. The molecule has 0 aliphatic heterocycles. The van der Waals surface area contributed by atoms with Crippen LogP contribution in [0, 0.1) is 17.8 Å². The Hall–Kier alpha value is -2.35. The lowest BCUT2D eigenvalue weighted by Crippen LogP contribution is -2.24. The summed E-state index contributed by atoms with van der Waals surface area (Å²) in [5, 5.41) is 2.96. The molecule has 0 spiro atoms. The van der Waals surface area contributed by atoms with E-state index in [4.69, 9.17) is 6.42 Å². The van der Waals surface area contributed by atoms with Crippen molar-refractivity contribution >= 4 is 23.0 Å². The van der Waals surface area contributed by atoms with Crippen LogP contribution in [0.3, 0.4) is 0 Å². The van der Waals surface area contributed by atoms with Crippen LogP contribution in [0.5, 0.6) is 0 Å². The van der Waals surface area contributed by atoms with E-state index in [0.29, 0.717) is 24.1 Å². The van der Waals surface area contributed by atoms with Crippen LogP contribution in [0.1, 0.15) is 58.2 Å². The summed E-state index contributed by atoms with van der Waals surface area (Å²) in [6.45, 7) is 6.13. The molecule has 1 aliphatic carbocycles. The van der Waals surface area contributed by atoms with Crippen LogP contribution in [-0.2, 0) is 4.79 Å². The Kier molecular flexibility index (Phi) is 3.85. The second kappa shape index (κ2) is 5.69. The Morgan fingerprint density at radius 1 is 1.39 bits per heavy atom. The summed E-state index contributed by atoms with van der Waals surface area (Å²) < 4.78 is 2.04. The van der Waals surface area contributed by atoms with Gasteiger partial charge in [-0.2, -0.15) is 0 Å². The van der Waals surface area contributed by atoms with Gasteiger partial charge in [0.25, 0.3) is 0 Å². The Labute approximate surface area is 136 Å². The molecule has 120 valence electrons. The highest BCUT2D eigenvalue weighted by atomic mass is 16.1. The summed E-state index contributed by atoms with van der Waals surface area (Å²) >= 11 is 0. The molecule has 0 atom stereocenters. The van der Waals surface area contributed by atoms with Crippen molar-refractivity contribution in [1.29, 1.82) is 0 Å². The summed E-state index contributed by atoms with van der Waals surface area (Å²) in [7, 11) is 0. The van der Waals surface area contributed by atoms with Crippen molar-refractivity contribution in [3.05, 3.63) is 17.8 Å². The molecule has 0 radical (unpaired) electrons. The number of anilines is 1. The molecular formula is C18H22N4O. The van der Waals surface area contributed by atoms with E-state index in [2.05, 4.69) is 21.2 Å². The van der Waals surface area contributed by atoms with Gasteiger partial charge in [-0.1, -0.05) is 26.7 Å². The highest BCUT2D eigenvalue weighted by Gasteiger charge is 2.27. The summed E-state index contributed by atoms with van der Waals surface area (Å²) in [6.07, 6.45) is 9.25. The lowest BCUT2D eigenvalue weighted by Gasteiger charge is -2.28. The highest BCUT2D eigenvalue weighted by Crippen LogP contribution is 2.36. The normalized spacial score (nSPS) is 15.2. The predicted octanol–water partition coefficient (Wildman–Crippen LogP) is 3.51. The fourth-order valence-corrected chi connectivity index (χ4v) is 2.78. The van der Waals surface area contributed by atoms with Gasteiger partial charge in [0.15, 0.2) is 5.65 Å². The molecule has 1 fully saturated rings. The molecule has 0 aromatic carbocycles. The van der Waals surface area contributed by atoms with E-state index < -0.39 is 0 Å². The first-order chi connectivity index (χ1) is 10.9. The van der Waals surface area contributed by atoms with Gasteiger partial charge in [-0.3, -0.25) is 14.7 Å². The van der Waals surface area contributed by atoms with E-state index in [0.717, 1.165) is 24.0 Å². The summed E-state index contributed by atoms with van der Waals surface area (Å²) in [4.78, 5) is 21.4. The molecule has 1 N–H and O–H groups in total. The van der Waals surface area contributed by atoms with Crippen molar-refractivity contribution in [3.8, 4) is 12.3 Å². The first-order valence-corrected chi connectivity index (χ1v) is 8.03. The van der Waals surface area contributed by atoms with Crippen LogP contribution in [-0.4, -0.2) is 20.4 Å². The van der Waals surface area contributed by atoms with Gasteiger partial charge >= 0.3 is 0 Å². The maximum atomic E-state index is 12.3. The molecule has 0 bridgehead atoms. The van der Waals surface area contributed by atoms with Crippen molar-refractivity contribution in [1.82, 2.24) is 14.5 Å². The lowest BCUT2D eigenvalue weighted by molar-refractivity contribution is -0.117. The number of terminal acetylenes is 1. The molecule has 23 heavy (non-hydrogen) atoms. The Balaban J connectivity index is 1.99. The molecule has 1 saturated carbocycles. The first kappa shape index (κ1) is 15.5. The van der Waals surface area contributed by atoms with Crippen molar-refractivity contribution < 1.29 is 4.79 Å². The monoisotopic (exact) mass is 310 g/mol. The smallest absolute Gasteiger partial charge is 0.227 e. The SMILES string of the molecule is C#Cc1ccc2nc(NC(=O)CC(C)(C)C)n(C3CCC3)c2n1. The molecule has 2 heterocycles. The number of imidazole rings is 1. The molecule has 1 amide bonds. The zero-order valence-corrected chi connectivity index (χ0v) is 13.9. The number of fused-ring (bicyclic) bond motifs is 1. The topological polar surface area (TPSA) is 59.8 Å². The number of hydrogen-bond acceptors (Lipinski definition) is 3. The van der Waals surface area contributed by atoms with E-state index in [1.807, 2.05) is 31.4 Å². The number of amides is 1. The molecule has 2 aromatic rings. The average molecular weight is 310 g/mol. The van der Waals surface area contributed by atoms with Crippen molar-refractivity contribution in [2.24, 2.45) is 5.41 Å². The van der Waals surface area contributed by atoms with Crippen LogP contribution < -0.4 is 5.32 Å². The third kappa shape index (κ3) is 3.21. The van der Waals surface area contributed by atoms with Crippen LogP contribution in [0.25, 0.3) is 11.2 Å². The number of carbonyl (C=O) groups is 1. The maximum Gasteiger partial charge on any atom is 0.227 e. The summed E-state index contributed by atoms with van der Waals surface area (Å²) in [6, 6.07) is 3.98. The van der Waals surface area contributed by atoms with Gasteiger partial charge in [0.05, 0.1) is 0 Å².